The highest BCUT2D eigenvalue weighted by atomic mass is 32.2. The molecule has 0 bridgehead atoms. The van der Waals surface area contributed by atoms with Crippen molar-refractivity contribution in [1.82, 2.24) is 5.32 Å². The van der Waals surface area contributed by atoms with Gasteiger partial charge in [-0.05, 0) is 41.5 Å². The van der Waals surface area contributed by atoms with Crippen LogP contribution in [0.15, 0.2) is 47.4 Å². The number of carbonyl (C=O) groups is 3. The van der Waals surface area contributed by atoms with Crippen molar-refractivity contribution in [1.29, 1.82) is 0 Å². The number of hydrogen-bond acceptors (Lipinski definition) is 6. The van der Waals surface area contributed by atoms with Gasteiger partial charge in [-0.15, -0.1) is 0 Å². The molecule has 30 heavy (non-hydrogen) atoms. The van der Waals surface area contributed by atoms with Crippen molar-refractivity contribution in [3.63, 3.8) is 0 Å². The Morgan fingerprint density at radius 1 is 1.27 bits per heavy atom. The van der Waals surface area contributed by atoms with Gasteiger partial charge in [0.25, 0.3) is 11.8 Å². The Balaban J connectivity index is 1.60. The summed E-state index contributed by atoms with van der Waals surface area (Å²) < 4.78 is 5.99. The van der Waals surface area contributed by atoms with E-state index in [-0.39, 0.29) is 24.3 Å². The molecule has 1 fully saturated rings. The average molecular weight is 440 g/mol. The number of hydrogen-bond donors (Lipinski definition) is 2. The molecule has 0 aromatic heterocycles. The summed E-state index contributed by atoms with van der Waals surface area (Å²) in [6.07, 6.45) is 1.74. The highest BCUT2D eigenvalue weighted by molar-refractivity contribution is 8.26. The van der Waals surface area contributed by atoms with E-state index in [1.54, 1.807) is 29.2 Å². The summed E-state index contributed by atoms with van der Waals surface area (Å²) in [6, 6.07) is 12.7. The summed E-state index contributed by atoms with van der Waals surface area (Å²) in [6.45, 7) is 1.77. The molecule has 1 saturated heterocycles. The number of nitrogens with zero attached hydrogens (tertiary/aromatic N) is 1. The molecule has 2 aliphatic rings. The highest BCUT2D eigenvalue weighted by Crippen LogP contribution is 2.35. The van der Waals surface area contributed by atoms with Crippen LogP contribution in [0.5, 0.6) is 5.75 Å². The largest absolute Gasteiger partial charge is 0.482 e. The van der Waals surface area contributed by atoms with E-state index in [1.807, 2.05) is 24.3 Å². The number of nitrogens with one attached hydrogen (secondary N) is 2. The van der Waals surface area contributed by atoms with Gasteiger partial charge >= 0.3 is 0 Å². The van der Waals surface area contributed by atoms with Gasteiger partial charge in [0.1, 0.15) is 10.1 Å². The summed E-state index contributed by atoms with van der Waals surface area (Å²) in [5.41, 5.74) is 3.00. The molecule has 2 N–H and O–H groups in total. The van der Waals surface area contributed by atoms with Crippen LogP contribution in [0.2, 0.25) is 0 Å². The molecular formula is C21H17N3O4S2. The van der Waals surface area contributed by atoms with Crippen LogP contribution in [0.1, 0.15) is 18.1 Å². The van der Waals surface area contributed by atoms with Crippen LogP contribution >= 0.6 is 24.0 Å². The zero-order valence-electron chi connectivity index (χ0n) is 15.9. The van der Waals surface area contributed by atoms with Crippen LogP contribution in [0.3, 0.4) is 0 Å². The van der Waals surface area contributed by atoms with Crippen molar-refractivity contribution >= 4 is 63.5 Å². The zero-order valence-corrected chi connectivity index (χ0v) is 17.6. The number of carbonyl (C=O) groups excluding carboxylic acids is 3. The Morgan fingerprint density at radius 3 is 2.70 bits per heavy atom. The van der Waals surface area contributed by atoms with Gasteiger partial charge in [0.05, 0.1) is 17.1 Å². The van der Waals surface area contributed by atoms with Gasteiger partial charge in [-0.3, -0.25) is 14.4 Å². The van der Waals surface area contributed by atoms with E-state index in [0.717, 1.165) is 11.1 Å². The molecule has 0 saturated carbocycles. The van der Waals surface area contributed by atoms with Crippen LogP contribution in [0.25, 0.3) is 6.08 Å². The molecule has 0 aliphatic carbocycles. The van der Waals surface area contributed by atoms with Crippen LogP contribution in [0, 0.1) is 0 Å². The van der Waals surface area contributed by atoms with Gasteiger partial charge in [-0.1, -0.05) is 42.2 Å². The van der Waals surface area contributed by atoms with Gasteiger partial charge in [-0.25, -0.2) is 0 Å². The third-order valence-corrected chi connectivity index (χ3v) is 5.64. The fourth-order valence-electron chi connectivity index (χ4n) is 3.13. The third-order valence-electron chi connectivity index (χ3n) is 4.48. The predicted octanol–water partition coefficient (Wildman–Crippen LogP) is 3.06. The number of thiocarbonyl (C=S) groups is 1. The monoisotopic (exact) mass is 439 g/mol. The lowest BCUT2D eigenvalue weighted by molar-refractivity contribution is -0.121. The summed E-state index contributed by atoms with van der Waals surface area (Å²) in [4.78, 5) is 37.8. The van der Waals surface area contributed by atoms with Crippen molar-refractivity contribution in [2.24, 2.45) is 0 Å². The van der Waals surface area contributed by atoms with Crippen molar-refractivity contribution in [2.45, 2.75) is 13.5 Å². The quantitative estimate of drug-likeness (QED) is 0.562. The first-order chi connectivity index (χ1) is 14.4. The minimum absolute atomic E-state index is 0.0378. The molecule has 2 aliphatic heterocycles. The van der Waals surface area contributed by atoms with Gasteiger partial charge in [0.15, 0.2) is 6.61 Å². The predicted molar refractivity (Wildman–Crippen MR) is 120 cm³/mol. The molecule has 4 rings (SSSR count). The van der Waals surface area contributed by atoms with E-state index in [1.165, 1.54) is 18.7 Å². The molecule has 2 aromatic rings. The smallest absolute Gasteiger partial charge is 0.265 e. The standard InChI is InChI=1S/C21H17N3O4S2/c1-12(25)22-15-5-2-13(3-6-15)10-24-16-8-14(4-7-17(16)28-11-19(24)26)9-18-20(27)23-21(29)30-18/h2-9H,10-11H2,1H3,(H,22,25)(H,23,27,29)/b18-9+. The lowest BCUT2D eigenvalue weighted by atomic mass is 10.1. The van der Waals surface area contributed by atoms with Gasteiger partial charge in [-0.2, -0.15) is 0 Å². The van der Waals surface area contributed by atoms with E-state index >= 15 is 0 Å². The summed E-state index contributed by atoms with van der Waals surface area (Å²) >= 11 is 6.23. The number of anilines is 2. The maximum absolute atomic E-state index is 12.6. The first-order valence-corrected chi connectivity index (χ1v) is 10.3. The molecule has 0 atom stereocenters. The van der Waals surface area contributed by atoms with Crippen molar-refractivity contribution < 1.29 is 19.1 Å². The second kappa shape index (κ2) is 8.29. The van der Waals surface area contributed by atoms with Crippen LogP contribution in [-0.4, -0.2) is 28.6 Å². The lowest BCUT2D eigenvalue weighted by Crippen LogP contribution is -2.38. The lowest BCUT2D eigenvalue weighted by Gasteiger charge is -2.30. The fraction of sp³-hybridized carbons (Fsp3) is 0.143. The molecule has 0 radical (unpaired) electrons. The van der Waals surface area contributed by atoms with E-state index < -0.39 is 0 Å². The van der Waals surface area contributed by atoms with E-state index in [4.69, 9.17) is 17.0 Å². The zero-order chi connectivity index (χ0) is 21.3. The number of rotatable bonds is 4. The molecule has 9 heteroatoms. The van der Waals surface area contributed by atoms with Gasteiger partial charge in [0.2, 0.25) is 5.91 Å². The van der Waals surface area contributed by atoms with Gasteiger partial charge < -0.3 is 20.3 Å². The maximum atomic E-state index is 12.6. The summed E-state index contributed by atoms with van der Waals surface area (Å²) in [5, 5.41) is 5.30. The number of ether oxygens (including phenoxy) is 1. The molecular weight excluding hydrogens is 422 g/mol. The molecule has 2 aromatic carbocycles. The van der Waals surface area contributed by atoms with Crippen LogP contribution < -0.4 is 20.3 Å². The topological polar surface area (TPSA) is 87.7 Å². The third kappa shape index (κ3) is 4.37. The van der Waals surface area contributed by atoms with Crippen molar-refractivity contribution in [3.05, 3.63) is 58.5 Å². The molecule has 0 unspecified atom stereocenters. The normalized spacial score (nSPS) is 16.9. The van der Waals surface area contributed by atoms with Crippen LogP contribution in [0.4, 0.5) is 11.4 Å². The van der Waals surface area contributed by atoms with Crippen molar-refractivity contribution in [3.8, 4) is 5.75 Å². The first kappa shape index (κ1) is 20.1. The Kier molecular flexibility index (Phi) is 5.56. The SMILES string of the molecule is CC(=O)Nc1ccc(CN2C(=O)COc3ccc(/C=C4/SC(=S)NC4=O)cc32)cc1. The Hall–Kier alpha value is -3.17. The van der Waals surface area contributed by atoms with E-state index in [9.17, 15) is 14.4 Å². The first-order valence-electron chi connectivity index (χ1n) is 9.07. The molecule has 7 nitrogen and oxygen atoms in total. The average Bonchev–Trinajstić information content (AvgIpc) is 3.02. The molecule has 152 valence electrons. The maximum Gasteiger partial charge on any atom is 0.265 e. The number of thioether (sulfide) groups is 1. The number of amides is 3. The minimum atomic E-state index is -0.230. The van der Waals surface area contributed by atoms with E-state index in [0.29, 0.717) is 32.9 Å². The Morgan fingerprint density at radius 2 is 2.03 bits per heavy atom. The van der Waals surface area contributed by atoms with Crippen LogP contribution in [-0.2, 0) is 20.9 Å². The van der Waals surface area contributed by atoms with Crippen molar-refractivity contribution in [2.75, 3.05) is 16.8 Å². The summed E-state index contributed by atoms with van der Waals surface area (Å²) in [5.74, 6) is 0.0702. The number of fused-ring (bicyclic) bond motifs is 1. The Labute approximate surface area is 182 Å². The molecule has 3 amide bonds. The minimum Gasteiger partial charge on any atom is -0.482 e. The highest BCUT2D eigenvalue weighted by Gasteiger charge is 2.27. The van der Waals surface area contributed by atoms with Gasteiger partial charge in [0, 0.05) is 12.6 Å². The fourth-order valence-corrected chi connectivity index (χ4v) is 4.18. The Bertz CT molecular complexity index is 1100. The second-order valence-electron chi connectivity index (χ2n) is 6.73. The van der Waals surface area contributed by atoms with E-state index in [2.05, 4.69) is 10.6 Å². The number of benzene rings is 2. The molecule has 2 heterocycles. The molecule has 0 spiro atoms. The summed E-state index contributed by atoms with van der Waals surface area (Å²) in [7, 11) is 0. The second-order valence-corrected chi connectivity index (χ2v) is 8.44.